The van der Waals surface area contributed by atoms with E-state index in [2.05, 4.69) is 15.8 Å². The van der Waals surface area contributed by atoms with Gasteiger partial charge in [-0.1, -0.05) is 0 Å². The molecule has 10 heteroatoms. The van der Waals surface area contributed by atoms with Gasteiger partial charge in [-0.2, -0.15) is 5.10 Å². The van der Waals surface area contributed by atoms with Crippen LogP contribution in [0.4, 0.5) is 15.8 Å². The van der Waals surface area contributed by atoms with Crippen LogP contribution in [0, 0.1) is 15.9 Å². The fraction of sp³-hybridized carbons (Fsp3) is 0. The largest absolute Gasteiger partial charge is 0.507 e. The van der Waals surface area contributed by atoms with Crippen molar-refractivity contribution >= 4 is 29.4 Å². The number of phenols is 1. The lowest BCUT2D eigenvalue weighted by Crippen LogP contribution is -2.18. The number of nitro benzene ring substituents is 1. The van der Waals surface area contributed by atoms with Crippen molar-refractivity contribution in [2.45, 2.75) is 0 Å². The highest BCUT2D eigenvalue weighted by Crippen LogP contribution is 2.21. The first-order chi connectivity index (χ1) is 14.8. The molecule has 0 atom stereocenters. The van der Waals surface area contributed by atoms with Crippen molar-refractivity contribution in [3.05, 3.63) is 99.4 Å². The molecule has 0 spiro atoms. The Balaban J connectivity index is 1.61. The molecule has 0 fully saturated rings. The Kier molecular flexibility index (Phi) is 6.31. The summed E-state index contributed by atoms with van der Waals surface area (Å²) in [6, 6.07) is 14.4. The maximum atomic E-state index is 12.9. The zero-order valence-electron chi connectivity index (χ0n) is 15.8. The molecule has 9 nitrogen and oxygen atoms in total. The molecule has 0 bridgehead atoms. The van der Waals surface area contributed by atoms with Crippen LogP contribution in [0.1, 0.15) is 26.3 Å². The summed E-state index contributed by atoms with van der Waals surface area (Å²) >= 11 is 0. The summed E-state index contributed by atoms with van der Waals surface area (Å²) in [5.41, 5.74) is 3.01. The van der Waals surface area contributed by atoms with Gasteiger partial charge in [-0.05, 0) is 54.6 Å². The summed E-state index contributed by atoms with van der Waals surface area (Å²) in [4.78, 5) is 34.5. The number of halogens is 1. The number of non-ortho nitro benzene ring substituents is 1. The number of hydrogen-bond donors (Lipinski definition) is 3. The molecule has 3 N–H and O–H groups in total. The van der Waals surface area contributed by atoms with Crippen molar-refractivity contribution in [2.24, 2.45) is 5.10 Å². The van der Waals surface area contributed by atoms with Crippen LogP contribution in [-0.4, -0.2) is 28.1 Å². The zero-order chi connectivity index (χ0) is 22.4. The molecule has 0 aliphatic heterocycles. The SMILES string of the molecule is O=C(NN=Cc1cc([N+](=O)[O-])ccc1O)c1ccc(NC(=O)c2ccc(F)cc2)cc1. The lowest BCUT2D eigenvalue weighted by atomic mass is 10.1. The number of nitrogens with zero attached hydrogens (tertiary/aromatic N) is 2. The van der Waals surface area contributed by atoms with Crippen LogP contribution >= 0.6 is 0 Å². The van der Waals surface area contributed by atoms with Gasteiger partial charge in [0.1, 0.15) is 11.6 Å². The van der Waals surface area contributed by atoms with Crippen LogP contribution in [0.5, 0.6) is 5.75 Å². The minimum Gasteiger partial charge on any atom is -0.507 e. The summed E-state index contributed by atoms with van der Waals surface area (Å²) in [5, 5.41) is 26.8. The maximum Gasteiger partial charge on any atom is 0.271 e. The van der Waals surface area contributed by atoms with Crippen molar-refractivity contribution in [3.63, 3.8) is 0 Å². The first-order valence-electron chi connectivity index (χ1n) is 8.81. The highest BCUT2D eigenvalue weighted by atomic mass is 19.1. The van der Waals surface area contributed by atoms with Gasteiger partial charge < -0.3 is 10.4 Å². The normalized spacial score (nSPS) is 10.6. The van der Waals surface area contributed by atoms with E-state index in [1.165, 1.54) is 48.5 Å². The van der Waals surface area contributed by atoms with Gasteiger partial charge in [0.25, 0.3) is 17.5 Å². The molecule has 3 rings (SSSR count). The molecule has 156 valence electrons. The summed E-state index contributed by atoms with van der Waals surface area (Å²) in [7, 11) is 0. The monoisotopic (exact) mass is 422 g/mol. The quantitative estimate of drug-likeness (QED) is 0.318. The Hall–Kier alpha value is -4.60. The van der Waals surface area contributed by atoms with Crippen molar-refractivity contribution in [3.8, 4) is 5.75 Å². The number of carbonyl (C=O) groups is 2. The zero-order valence-corrected chi connectivity index (χ0v) is 15.8. The minimum absolute atomic E-state index is 0.0633. The summed E-state index contributed by atoms with van der Waals surface area (Å²) in [6.07, 6.45) is 1.08. The Labute approximate surface area is 175 Å². The number of benzene rings is 3. The first-order valence-corrected chi connectivity index (χ1v) is 8.81. The number of anilines is 1. The molecule has 3 aromatic carbocycles. The molecule has 0 saturated heterocycles. The third-order valence-electron chi connectivity index (χ3n) is 4.10. The average molecular weight is 422 g/mol. The van der Waals surface area contributed by atoms with Crippen molar-refractivity contribution < 1.29 is 24.0 Å². The predicted octanol–water partition coefficient (Wildman–Crippen LogP) is 3.46. The second kappa shape index (κ2) is 9.27. The van der Waals surface area contributed by atoms with E-state index < -0.39 is 22.6 Å². The molecular formula is C21H15FN4O5. The Morgan fingerprint density at radius 1 is 0.968 bits per heavy atom. The van der Waals surface area contributed by atoms with E-state index in [-0.39, 0.29) is 28.1 Å². The number of rotatable bonds is 6. The van der Waals surface area contributed by atoms with Crippen LogP contribution in [0.2, 0.25) is 0 Å². The van der Waals surface area contributed by atoms with Crippen molar-refractivity contribution in [2.75, 3.05) is 5.32 Å². The first kappa shape index (κ1) is 21.1. The van der Waals surface area contributed by atoms with Gasteiger partial charge in [0.15, 0.2) is 0 Å². The smallest absolute Gasteiger partial charge is 0.271 e. The fourth-order valence-corrected chi connectivity index (χ4v) is 2.49. The van der Waals surface area contributed by atoms with E-state index in [4.69, 9.17) is 0 Å². The molecular weight excluding hydrogens is 407 g/mol. The Bertz CT molecular complexity index is 1160. The molecule has 2 amide bonds. The third-order valence-corrected chi connectivity index (χ3v) is 4.10. The van der Waals surface area contributed by atoms with E-state index in [9.17, 15) is 29.2 Å². The highest BCUT2D eigenvalue weighted by Gasteiger charge is 2.10. The van der Waals surface area contributed by atoms with Crippen molar-refractivity contribution in [1.82, 2.24) is 5.43 Å². The standard InChI is InChI=1S/C21H15FN4O5/c22-16-5-1-13(2-6-16)20(28)24-17-7-3-14(4-8-17)21(29)25-23-12-15-11-18(26(30)31)9-10-19(15)27/h1-12,27H,(H,24,28)(H,25,29). The molecule has 3 aromatic rings. The van der Waals surface area contributed by atoms with E-state index in [0.29, 0.717) is 5.69 Å². The molecule has 0 radical (unpaired) electrons. The van der Waals surface area contributed by atoms with Gasteiger partial charge in [0, 0.05) is 34.5 Å². The van der Waals surface area contributed by atoms with E-state index in [0.717, 1.165) is 24.4 Å². The topological polar surface area (TPSA) is 134 Å². The summed E-state index contributed by atoms with van der Waals surface area (Å²) in [5.74, 6) is -1.68. The van der Waals surface area contributed by atoms with Gasteiger partial charge in [0.05, 0.1) is 11.1 Å². The number of hydrazone groups is 1. The molecule has 31 heavy (non-hydrogen) atoms. The fourth-order valence-electron chi connectivity index (χ4n) is 2.49. The summed E-state index contributed by atoms with van der Waals surface area (Å²) < 4.78 is 12.9. The van der Waals surface area contributed by atoms with Crippen LogP contribution in [0.15, 0.2) is 71.8 Å². The lowest BCUT2D eigenvalue weighted by Gasteiger charge is -2.06. The maximum absolute atomic E-state index is 12.9. The lowest BCUT2D eigenvalue weighted by molar-refractivity contribution is -0.384. The molecule has 0 heterocycles. The highest BCUT2D eigenvalue weighted by molar-refractivity contribution is 6.04. The second-order valence-corrected chi connectivity index (χ2v) is 6.24. The molecule has 0 unspecified atom stereocenters. The van der Waals surface area contributed by atoms with Gasteiger partial charge in [-0.25, -0.2) is 9.82 Å². The van der Waals surface area contributed by atoms with Gasteiger partial charge in [0.2, 0.25) is 0 Å². The van der Waals surface area contributed by atoms with Crippen LogP contribution < -0.4 is 10.7 Å². The van der Waals surface area contributed by atoms with E-state index in [1.807, 2.05) is 0 Å². The van der Waals surface area contributed by atoms with Crippen LogP contribution in [0.25, 0.3) is 0 Å². The molecule has 0 aliphatic carbocycles. The Morgan fingerprint density at radius 2 is 1.58 bits per heavy atom. The van der Waals surface area contributed by atoms with Gasteiger partial charge in [-0.3, -0.25) is 19.7 Å². The minimum atomic E-state index is -0.619. The second-order valence-electron chi connectivity index (χ2n) is 6.24. The number of phenolic OH excluding ortho intramolecular Hbond substituents is 1. The number of amides is 2. The van der Waals surface area contributed by atoms with Gasteiger partial charge >= 0.3 is 0 Å². The van der Waals surface area contributed by atoms with E-state index in [1.54, 1.807) is 0 Å². The predicted molar refractivity (Wildman–Crippen MR) is 111 cm³/mol. The third kappa shape index (κ3) is 5.48. The average Bonchev–Trinajstić information content (AvgIpc) is 2.75. The summed E-state index contributed by atoms with van der Waals surface area (Å²) in [6.45, 7) is 0. The number of nitrogens with one attached hydrogen (secondary N) is 2. The number of hydrogen-bond acceptors (Lipinski definition) is 6. The van der Waals surface area contributed by atoms with Crippen LogP contribution in [-0.2, 0) is 0 Å². The van der Waals surface area contributed by atoms with E-state index >= 15 is 0 Å². The number of nitro groups is 1. The molecule has 0 aromatic heterocycles. The molecule has 0 saturated carbocycles. The van der Waals surface area contributed by atoms with Crippen LogP contribution in [0.3, 0.4) is 0 Å². The number of aromatic hydroxyl groups is 1. The number of carbonyl (C=O) groups excluding carboxylic acids is 2. The molecule has 0 aliphatic rings. The van der Waals surface area contributed by atoms with Gasteiger partial charge in [-0.15, -0.1) is 0 Å². The Morgan fingerprint density at radius 3 is 2.23 bits per heavy atom. The van der Waals surface area contributed by atoms with Crippen molar-refractivity contribution in [1.29, 1.82) is 0 Å².